The van der Waals surface area contributed by atoms with Crippen molar-refractivity contribution >= 4 is 11.9 Å². The van der Waals surface area contributed by atoms with Crippen molar-refractivity contribution in [2.45, 2.75) is 71.8 Å². The van der Waals surface area contributed by atoms with E-state index in [2.05, 4.69) is 28.5 Å². The summed E-state index contributed by atoms with van der Waals surface area (Å²) < 4.78 is 12.0. The van der Waals surface area contributed by atoms with Crippen molar-refractivity contribution in [3.63, 3.8) is 0 Å². The molecule has 7 nitrogen and oxygen atoms in total. The first-order chi connectivity index (χ1) is 17.0. The van der Waals surface area contributed by atoms with Crippen LogP contribution in [0.15, 0.2) is 52.9 Å². The Kier molecular flexibility index (Phi) is 12.6. The van der Waals surface area contributed by atoms with Crippen molar-refractivity contribution in [3.05, 3.63) is 58.4 Å². The van der Waals surface area contributed by atoms with E-state index >= 15 is 0 Å². The summed E-state index contributed by atoms with van der Waals surface area (Å²) in [6.45, 7) is 6.94. The molecule has 1 aliphatic heterocycles. The van der Waals surface area contributed by atoms with Gasteiger partial charge in [0.2, 0.25) is 0 Å². The smallest absolute Gasteiger partial charge is 0.338 e. The molecule has 1 aliphatic carbocycles. The Balaban J connectivity index is 0.00000210. The summed E-state index contributed by atoms with van der Waals surface area (Å²) in [7, 11) is 1.50. The van der Waals surface area contributed by atoms with Crippen LogP contribution in [0.5, 0.6) is 0 Å². The molecule has 1 fully saturated rings. The molecule has 7 heteroatoms. The van der Waals surface area contributed by atoms with E-state index in [-0.39, 0.29) is 5.91 Å². The third-order valence-corrected chi connectivity index (χ3v) is 6.42. The van der Waals surface area contributed by atoms with Crippen LogP contribution in [-0.4, -0.2) is 44.8 Å². The molecule has 0 saturated heterocycles. The minimum absolute atomic E-state index is 0.210. The highest BCUT2D eigenvalue weighted by molar-refractivity contribution is 6.01. The second kappa shape index (κ2) is 15.4. The predicted octanol–water partition coefficient (Wildman–Crippen LogP) is 3.99. The number of likely N-dealkylation sites (N-methyl/N-ethyl adjacent to an activating group) is 1. The van der Waals surface area contributed by atoms with Gasteiger partial charge in [0.25, 0.3) is 5.91 Å². The average Bonchev–Trinajstić information content (AvgIpc) is 2.87. The maximum atomic E-state index is 13.2. The van der Waals surface area contributed by atoms with Gasteiger partial charge >= 0.3 is 5.97 Å². The lowest BCUT2D eigenvalue weighted by Gasteiger charge is -2.32. The molecule has 194 valence electrons. The number of esters is 1. The Bertz CT molecular complexity index is 873. The molecule has 0 radical (unpaired) electrons. The molecule has 1 heterocycles. The normalized spacial score (nSPS) is 18.4. The van der Waals surface area contributed by atoms with Gasteiger partial charge < -0.3 is 25.8 Å². The Morgan fingerprint density at radius 3 is 2.34 bits per heavy atom. The first kappa shape index (κ1) is 28.6. The number of nitrogens with one attached hydrogen (secondary N) is 2. The Labute approximate surface area is 210 Å². The van der Waals surface area contributed by atoms with Crippen molar-refractivity contribution in [3.8, 4) is 0 Å². The Morgan fingerprint density at radius 1 is 1.03 bits per heavy atom. The number of allylic oxidation sites excluding steroid dienone is 2. The van der Waals surface area contributed by atoms with Gasteiger partial charge in [-0.1, -0.05) is 49.6 Å². The summed E-state index contributed by atoms with van der Waals surface area (Å²) in [6, 6.07) is 10.1. The van der Waals surface area contributed by atoms with Gasteiger partial charge in [0.05, 0.1) is 24.4 Å². The lowest BCUT2D eigenvalue weighted by Crippen LogP contribution is -2.42. The number of rotatable bonds is 10. The van der Waals surface area contributed by atoms with Crippen molar-refractivity contribution in [1.82, 2.24) is 10.6 Å². The molecule has 1 aromatic rings. The van der Waals surface area contributed by atoms with Gasteiger partial charge in [0.15, 0.2) is 0 Å². The van der Waals surface area contributed by atoms with Gasteiger partial charge in [-0.25, -0.2) is 4.79 Å². The Morgan fingerprint density at radius 2 is 1.69 bits per heavy atom. The monoisotopic (exact) mass is 485 g/mol. The van der Waals surface area contributed by atoms with E-state index in [1.165, 1.54) is 31.9 Å². The minimum Gasteiger partial charge on any atom is -0.462 e. The summed E-state index contributed by atoms with van der Waals surface area (Å²) in [4.78, 5) is 26.1. The topological polar surface area (TPSA) is 103 Å². The SMILES string of the molecule is CCNC(=O)C1=C(C)NC(C)=C(C(=O)OCCCc2ccccc2)C1OCC1CCCCC1.CN. The van der Waals surface area contributed by atoms with Crippen molar-refractivity contribution < 1.29 is 19.1 Å². The van der Waals surface area contributed by atoms with Crippen LogP contribution >= 0.6 is 0 Å². The number of nitrogens with two attached hydrogens (primary N) is 1. The van der Waals surface area contributed by atoms with Gasteiger partial charge in [-0.2, -0.15) is 0 Å². The molecule has 1 saturated carbocycles. The zero-order chi connectivity index (χ0) is 25.6. The molecule has 0 aromatic heterocycles. The van der Waals surface area contributed by atoms with Crippen molar-refractivity contribution in [1.29, 1.82) is 0 Å². The number of dihydropyridines is 1. The summed E-state index contributed by atoms with van der Waals surface area (Å²) in [5.41, 5.74) is 7.98. The molecule has 2 aliphatic rings. The van der Waals surface area contributed by atoms with E-state index in [0.717, 1.165) is 25.7 Å². The zero-order valence-electron chi connectivity index (χ0n) is 21.8. The molecular weight excluding hydrogens is 442 g/mol. The fraction of sp³-hybridized carbons (Fsp3) is 0.571. The molecule has 0 spiro atoms. The second-order valence-corrected chi connectivity index (χ2v) is 9.00. The van der Waals surface area contributed by atoms with Crippen LogP contribution in [0.3, 0.4) is 0 Å². The maximum Gasteiger partial charge on any atom is 0.338 e. The summed E-state index contributed by atoms with van der Waals surface area (Å²) in [5.74, 6) is -0.165. The molecule has 1 aromatic carbocycles. The number of ether oxygens (including phenoxy) is 2. The van der Waals surface area contributed by atoms with Crippen LogP contribution in [0.2, 0.25) is 0 Å². The largest absolute Gasteiger partial charge is 0.462 e. The lowest BCUT2D eigenvalue weighted by molar-refractivity contribution is -0.140. The van der Waals surface area contributed by atoms with E-state index < -0.39 is 12.1 Å². The fourth-order valence-electron chi connectivity index (χ4n) is 4.68. The van der Waals surface area contributed by atoms with Crippen molar-refractivity contribution in [2.75, 3.05) is 26.8 Å². The Hall–Kier alpha value is -2.64. The third kappa shape index (κ3) is 8.51. The number of carbonyl (C=O) groups excluding carboxylic acids is 2. The van der Waals surface area contributed by atoms with Crippen LogP contribution < -0.4 is 16.4 Å². The number of amides is 1. The molecule has 1 unspecified atom stereocenters. The van der Waals surface area contributed by atoms with E-state index in [1.807, 2.05) is 39.0 Å². The summed E-state index contributed by atoms with van der Waals surface area (Å²) >= 11 is 0. The van der Waals surface area contributed by atoms with E-state index in [4.69, 9.17) is 9.47 Å². The van der Waals surface area contributed by atoms with Gasteiger partial charge in [0.1, 0.15) is 6.10 Å². The molecular formula is C28H43N3O4. The average molecular weight is 486 g/mol. The zero-order valence-corrected chi connectivity index (χ0v) is 21.8. The van der Waals surface area contributed by atoms with Crippen molar-refractivity contribution in [2.24, 2.45) is 11.7 Å². The van der Waals surface area contributed by atoms with Gasteiger partial charge in [-0.3, -0.25) is 4.79 Å². The quantitative estimate of drug-likeness (QED) is 0.342. The molecule has 4 N–H and O–H groups in total. The van der Waals surface area contributed by atoms with Gasteiger partial charge in [-0.15, -0.1) is 0 Å². The summed E-state index contributed by atoms with van der Waals surface area (Å²) in [6.07, 6.45) is 6.81. The number of hydrogen-bond acceptors (Lipinski definition) is 6. The fourth-order valence-corrected chi connectivity index (χ4v) is 4.68. The number of aryl methyl sites for hydroxylation is 1. The van der Waals surface area contributed by atoms with E-state index in [9.17, 15) is 9.59 Å². The standard InChI is InChI=1S/C27H38N2O4.CH5N/c1-4-28-26(30)23-19(2)29-20(3)24(25(23)33-18-22-14-9-6-10-15-22)27(31)32-17-11-16-21-12-7-5-8-13-21;1-2/h5,7-8,12-13,22,25,29H,4,6,9-11,14-18H2,1-3H3,(H,28,30);2H2,1H3. The van der Waals surface area contributed by atoms with Gasteiger partial charge in [-0.05, 0) is 65.0 Å². The minimum atomic E-state index is -0.721. The maximum absolute atomic E-state index is 13.2. The predicted molar refractivity (Wildman–Crippen MR) is 139 cm³/mol. The lowest BCUT2D eigenvalue weighted by atomic mass is 9.89. The van der Waals surface area contributed by atoms with Crippen LogP contribution in [0.1, 0.15) is 64.9 Å². The molecule has 0 bridgehead atoms. The summed E-state index contributed by atoms with van der Waals surface area (Å²) in [5, 5.41) is 6.07. The number of hydrogen-bond donors (Lipinski definition) is 3. The van der Waals surface area contributed by atoms with Crippen LogP contribution in [-0.2, 0) is 25.5 Å². The molecule has 3 rings (SSSR count). The first-order valence-electron chi connectivity index (χ1n) is 12.9. The highest BCUT2D eigenvalue weighted by Gasteiger charge is 2.37. The van der Waals surface area contributed by atoms with Crippen LogP contribution in [0.4, 0.5) is 0 Å². The second-order valence-electron chi connectivity index (χ2n) is 9.00. The van der Waals surface area contributed by atoms with Crippen LogP contribution in [0.25, 0.3) is 0 Å². The molecule has 1 amide bonds. The van der Waals surface area contributed by atoms with Gasteiger partial charge in [0, 0.05) is 17.9 Å². The number of benzene rings is 1. The molecule has 1 atom stereocenters. The number of carbonyl (C=O) groups is 2. The van der Waals surface area contributed by atoms with E-state index in [1.54, 1.807) is 0 Å². The highest BCUT2D eigenvalue weighted by Crippen LogP contribution is 2.30. The van der Waals surface area contributed by atoms with E-state index in [0.29, 0.717) is 48.2 Å². The highest BCUT2D eigenvalue weighted by atomic mass is 16.5. The first-order valence-corrected chi connectivity index (χ1v) is 12.9. The third-order valence-electron chi connectivity index (χ3n) is 6.42. The molecule has 35 heavy (non-hydrogen) atoms. The van der Waals surface area contributed by atoms with Crippen LogP contribution in [0, 0.1) is 5.92 Å².